The Morgan fingerprint density at radius 2 is 2.11 bits per heavy atom. The van der Waals surface area contributed by atoms with E-state index in [-0.39, 0.29) is 23.9 Å². The smallest absolute Gasteiger partial charge is 0.305 e. The fourth-order valence-corrected chi connectivity index (χ4v) is 4.72. The molecule has 0 radical (unpaired) electrons. The lowest BCUT2D eigenvalue weighted by molar-refractivity contribution is -0.140. The SMILES string of the molecule is CCCC[C@@H](C)[C@@H](O)C=C[C@@H]1[C@H]2CC(=CCCCC(=O)OC)C[C@@H]2C[C@H]1O. The maximum absolute atomic E-state index is 11.2. The lowest BCUT2D eigenvalue weighted by Crippen LogP contribution is -2.19. The molecule has 0 aromatic carbocycles. The number of methoxy groups -OCH3 is 1. The Kier molecular flexibility index (Phi) is 9.04. The maximum atomic E-state index is 11.2. The number of carbonyl (C=O) groups is 1. The Morgan fingerprint density at radius 3 is 2.81 bits per heavy atom. The first-order valence-corrected chi connectivity index (χ1v) is 10.7. The fourth-order valence-electron chi connectivity index (χ4n) is 4.72. The minimum absolute atomic E-state index is 0.142. The largest absolute Gasteiger partial charge is 0.469 e. The monoisotopic (exact) mass is 378 g/mol. The van der Waals surface area contributed by atoms with Crippen molar-refractivity contribution in [1.29, 1.82) is 0 Å². The van der Waals surface area contributed by atoms with Gasteiger partial charge in [-0.3, -0.25) is 4.79 Å². The summed E-state index contributed by atoms with van der Waals surface area (Å²) < 4.78 is 4.68. The Morgan fingerprint density at radius 1 is 1.33 bits per heavy atom. The molecule has 0 bridgehead atoms. The number of hydrogen-bond donors (Lipinski definition) is 2. The topological polar surface area (TPSA) is 66.8 Å². The molecule has 0 aliphatic heterocycles. The van der Waals surface area contributed by atoms with Crippen LogP contribution in [0.1, 0.15) is 71.6 Å². The van der Waals surface area contributed by atoms with Crippen molar-refractivity contribution in [2.45, 2.75) is 83.8 Å². The second-order valence-corrected chi connectivity index (χ2v) is 8.54. The van der Waals surface area contributed by atoms with Crippen LogP contribution in [0.2, 0.25) is 0 Å². The molecule has 0 unspecified atom stereocenters. The van der Waals surface area contributed by atoms with Gasteiger partial charge < -0.3 is 14.9 Å². The van der Waals surface area contributed by atoms with Crippen molar-refractivity contribution in [2.75, 3.05) is 7.11 Å². The van der Waals surface area contributed by atoms with Crippen molar-refractivity contribution in [3.63, 3.8) is 0 Å². The van der Waals surface area contributed by atoms with E-state index in [0.29, 0.717) is 18.3 Å². The van der Waals surface area contributed by atoms with E-state index in [2.05, 4.69) is 30.7 Å². The average Bonchev–Trinajstić information content (AvgIpc) is 3.17. The second kappa shape index (κ2) is 11.0. The number of rotatable bonds is 10. The number of unbranched alkanes of at least 4 members (excludes halogenated alkanes) is 2. The molecule has 0 aromatic rings. The van der Waals surface area contributed by atoms with Gasteiger partial charge in [0.1, 0.15) is 0 Å². The normalized spacial score (nSPS) is 31.4. The highest BCUT2D eigenvalue weighted by molar-refractivity contribution is 5.69. The number of hydrogen-bond acceptors (Lipinski definition) is 4. The van der Waals surface area contributed by atoms with Gasteiger partial charge in [0.15, 0.2) is 0 Å². The molecule has 0 aromatic heterocycles. The second-order valence-electron chi connectivity index (χ2n) is 8.54. The molecule has 6 atom stereocenters. The molecule has 0 spiro atoms. The first-order valence-electron chi connectivity index (χ1n) is 10.7. The molecule has 2 aliphatic rings. The number of esters is 1. The van der Waals surface area contributed by atoms with E-state index in [9.17, 15) is 15.0 Å². The summed E-state index contributed by atoms with van der Waals surface area (Å²) in [6.07, 6.45) is 14.1. The van der Waals surface area contributed by atoms with E-state index in [1.165, 1.54) is 12.7 Å². The summed E-state index contributed by atoms with van der Waals surface area (Å²) in [5, 5.41) is 20.8. The van der Waals surface area contributed by atoms with Crippen molar-refractivity contribution in [3.8, 4) is 0 Å². The van der Waals surface area contributed by atoms with Gasteiger partial charge in [-0.05, 0) is 56.3 Å². The van der Waals surface area contributed by atoms with Crippen LogP contribution >= 0.6 is 0 Å². The first kappa shape index (κ1) is 22.2. The van der Waals surface area contributed by atoms with Crippen LogP contribution in [0.15, 0.2) is 23.8 Å². The van der Waals surface area contributed by atoms with Crippen molar-refractivity contribution >= 4 is 5.97 Å². The number of fused-ring (bicyclic) bond motifs is 1. The summed E-state index contributed by atoms with van der Waals surface area (Å²) >= 11 is 0. The molecule has 2 fully saturated rings. The number of allylic oxidation sites excluding steroid dienone is 2. The molecule has 2 saturated carbocycles. The van der Waals surface area contributed by atoms with Gasteiger partial charge in [-0.1, -0.05) is 50.5 Å². The highest BCUT2D eigenvalue weighted by Gasteiger charge is 2.44. The molecule has 4 nitrogen and oxygen atoms in total. The number of carbonyl (C=O) groups excluding carboxylic acids is 1. The van der Waals surface area contributed by atoms with Gasteiger partial charge in [-0.15, -0.1) is 0 Å². The van der Waals surface area contributed by atoms with Crippen LogP contribution in [-0.2, 0) is 9.53 Å². The zero-order chi connectivity index (χ0) is 19.8. The van der Waals surface area contributed by atoms with Crippen LogP contribution in [0, 0.1) is 23.7 Å². The Bertz CT molecular complexity index is 524. The van der Waals surface area contributed by atoms with Gasteiger partial charge in [0.25, 0.3) is 0 Å². The van der Waals surface area contributed by atoms with Crippen molar-refractivity contribution in [2.24, 2.45) is 23.7 Å². The summed E-state index contributed by atoms with van der Waals surface area (Å²) in [6.45, 7) is 4.27. The molecule has 0 saturated heterocycles. The third-order valence-corrected chi connectivity index (χ3v) is 6.48. The van der Waals surface area contributed by atoms with Crippen LogP contribution in [0.3, 0.4) is 0 Å². The lowest BCUT2D eigenvalue weighted by atomic mass is 9.89. The maximum Gasteiger partial charge on any atom is 0.305 e. The molecular formula is C23H38O4. The average molecular weight is 379 g/mol. The van der Waals surface area contributed by atoms with Crippen LogP contribution in [0.4, 0.5) is 0 Å². The standard InChI is InChI=1S/C23H38O4/c1-4-5-8-16(2)21(24)12-11-19-20-14-17(13-18(20)15-22(19)25)9-6-7-10-23(26)27-3/h9,11-12,16,18-22,24-25H,4-8,10,13-15H2,1-3H3/t16-,18-,19-,20+,21+,22-/m1/s1. The number of aliphatic hydroxyl groups excluding tert-OH is 2. The summed E-state index contributed by atoms with van der Waals surface area (Å²) in [6, 6.07) is 0. The molecular weight excluding hydrogens is 340 g/mol. The predicted molar refractivity (Wildman–Crippen MR) is 108 cm³/mol. The van der Waals surface area contributed by atoms with Crippen molar-refractivity contribution in [3.05, 3.63) is 23.8 Å². The molecule has 2 N–H and O–H groups in total. The Hall–Kier alpha value is -1.13. The van der Waals surface area contributed by atoms with Crippen LogP contribution in [0.25, 0.3) is 0 Å². The molecule has 154 valence electrons. The summed E-state index contributed by atoms with van der Waals surface area (Å²) in [5.41, 5.74) is 1.47. The van der Waals surface area contributed by atoms with E-state index < -0.39 is 6.10 Å². The summed E-state index contributed by atoms with van der Waals surface area (Å²) in [7, 11) is 1.43. The summed E-state index contributed by atoms with van der Waals surface area (Å²) in [4.78, 5) is 11.2. The van der Waals surface area contributed by atoms with Gasteiger partial charge in [-0.25, -0.2) is 0 Å². The quantitative estimate of drug-likeness (QED) is 0.336. The Labute approximate surface area is 164 Å². The van der Waals surface area contributed by atoms with E-state index in [4.69, 9.17) is 0 Å². The third kappa shape index (κ3) is 6.46. The van der Waals surface area contributed by atoms with Crippen LogP contribution < -0.4 is 0 Å². The minimum atomic E-state index is -0.419. The van der Waals surface area contributed by atoms with E-state index >= 15 is 0 Å². The van der Waals surface area contributed by atoms with Gasteiger partial charge >= 0.3 is 5.97 Å². The lowest BCUT2D eigenvalue weighted by Gasteiger charge is -2.19. The van der Waals surface area contributed by atoms with Crippen LogP contribution in [-0.4, -0.2) is 35.5 Å². The predicted octanol–water partition coefficient (Wildman–Crippen LogP) is 4.41. The van der Waals surface area contributed by atoms with Gasteiger partial charge in [0.05, 0.1) is 19.3 Å². The molecule has 2 aliphatic carbocycles. The molecule has 27 heavy (non-hydrogen) atoms. The van der Waals surface area contributed by atoms with Crippen molar-refractivity contribution in [1.82, 2.24) is 0 Å². The molecule has 4 heteroatoms. The van der Waals surface area contributed by atoms with Gasteiger partial charge in [-0.2, -0.15) is 0 Å². The van der Waals surface area contributed by atoms with Gasteiger partial charge in [0.2, 0.25) is 0 Å². The number of ether oxygens (including phenoxy) is 1. The molecule has 0 amide bonds. The highest BCUT2D eigenvalue weighted by atomic mass is 16.5. The van der Waals surface area contributed by atoms with Gasteiger partial charge in [0, 0.05) is 12.3 Å². The van der Waals surface area contributed by atoms with Crippen LogP contribution in [0.5, 0.6) is 0 Å². The Balaban J connectivity index is 1.85. The van der Waals surface area contributed by atoms with E-state index in [1.807, 2.05) is 6.08 Å². The number of aliphatic hydroxyl groups is 2. The first-order chi connectivity index (χ1) is 13.0. The zero-order valence-electron chi connectivity index (χ0n) is 17.3. The third-order valence-electron chi connectivity index (χ3n) is 6.48. The zero-order valence-corrected chi connectivity index (χ0v) is 17.3. The molecule has 0 heterocycles. The van der Waals surface area contributed by atoms with E-state index in [1.54, 1.807) is 0 Å². The highest BCUT2D eigenvalue weighted by Crippen LogP contribution is 2.50. The van der Waals surface area contributed by atoms with E-state index in [0.717, 1.165) is 51.4 Å². The summed E-state index contributed by atoms with van der Waals surface area (Å²) in [5.74, 6) is 1.32. The minimum Gasteiger partial charge on any atom is -0.469 e. The van der Waals surface area contributed by atoms with Crippen molar-refractivity contribution < 1.29 is 19.7 Å². The fraction of sp³-hybridized carbons (Fsp3) is 0.783. The molecule has 2 rings (SSSR count).